The first-order valence-corrected chi connectivity index (χ1v) is 9.17. The molecule has 0 unspecified atom stereocenters. The Labute approximate surface area is 156 Å². The molecule has 6 heteroatoms. The molecule has 1 aromatic carbocycles. The molecule has 0 atom stereocenters. The molecule has 1 aliphatic rings. The first-order valence-electron chi connectivity index (χ1n) is 9.17. The summed E-state index contributed by atoms with van der Waals surface area (Å²) in [5, 5.41) is 0. The molecular weight excluding hydrogens is 332 g/mol. The van der Waals surface area contributed by atoms with Crippen LogP contribution in [0.1, 0.15) is 42.6 Å². The molecule has 0 N–H and O–H groups in total. The van der Waals surface area contributed by atoms with Crippen molar-refractivity contribution in [3.05, 3.63) is 23.3 Å². The predicted octanol–water partition coefficient (Wildman–Crippen LogP) is 2.73. The van der Waals surface area contributed by atoms with Crippen LogP contribution < -0.4 is 9.47 Å². The van der Waals surface area contributed by atoms with Crippen molar-refractivity contribution in [2.24, 2.45) is 5.92 Å². The summed E-state index contributed by atoms with van der Waals surface area (Å²) in [6.07, 6.45) is 1.33. The molecule has 1 heterocycles. The number of carbonyl (C=O) groups is 2. The van der Waals surface area contributed by atoms with E-state index in [9.17, 15) is 9.59 Å². The largest absolute Gasteiger partial charge is 0.496 e. The Morgan fingerprint density at radius 3 is 2.23 bits per heavy atom. The molecule has 1 aliphatic heterocycles. The van der Waals surface area contributed by atoms with Gasteiger partial charge in [-0.05, 0) is 37.0 Å². The minimum Gasteiger partial charge on any atom is -0.496 e. The summed E-state index contributed by atoms with van der Waals surface area (Å²) in [6, 6.07) is 3.56. The molecule has 6 nitrogen and oxygen atoms in total. The molecule has 0 aromatic heterocycles. The van der Waals surface area contributed by atoms with E-state index in [1.54, 1.807) is 25.2 Å². The van der Waals surface area contributed by atoms with E-state index in [4.69, 9.17) is 9.47 Å². The highest BCUT2D eigenvalue weighted by atomic mass is 16.5. The van der Waals surface area contributed by atoms with Crippen molar-refractivity contribution in [3.8, 4) is 11.5 Å². The third kappa shape index (κ3) is 4.68. The van der Waals surface area contributed by atoms with Gasteiger partial charge in [0.1, 0.15) is 11.5 Å². The lowest BCUT2D eigenvalue weighted by Gasteiger charge is -2.23. The van der Waals surface area contributed by atoms with E-state index in [2.05, 4.69) is 0 Å². The normalized spacial score (nSPS) is 15.0. The van der Waals surface area contributed by atoms with E-state index in [1.807, 2.05) is 31.7 Å². The number of carbonyl (C=O) groups excluding carboxylic acids is 2. The summed E-state index contributed by atoms with van der Waals surface area (Å²) in [5.74, 6) is 1.64. The van der Waals surface area contributed by atoms with Crippen LogP contribution >= 0.6 is 0 Å². The number of aryl methyl sites for hydroxylation is 1. The average Bonchev–Trinajstić information content (AvgIpc) is 2.86. The van der Waals surface area contributed by atoms with Gasteiger partial charge >= 0.3 is 0 Å². The highest BCUT2D eigenvalue weighted by Gasteiger charge is 2.25. The number of benzene rings is 1. The second-order valence-corrected chi connectivity index (χ2v) is 7.15. The summed E-state index contributed by atoms with van der Waals surface area (Å²) >= 11 is 0. The van der Waals surface area contributed by atoms with E-state index in [0.717, 1.165) is 12.0 Å². The Balaban J connectivity index is 2.14. The standard InChI is InChI=1S/C20H30N2O4/c1-14(2)11-19(23)21-7-6-8-22(10-9-21)20(24)16-13-17(25-4)15(3)12-18(16)26-5/h12-14H,6-11H2,1-5H3. The maximum absolute atomic E-state index is 13.1. The molecular formula is C20H30N2O4. The molecule has 0 aliphatic carbocycles. The van der Waals surface area contributed by atoms with Crippen molar-refractivity contribution in [1.29, 1.82) is 0 Å². The minimum atomic E-state index is -0.0849. The Morgan fingerprint density at radius 1 is 1.00 bits per heavy atom. The molecule has 0 spiro atoms. The fourth-order valence-electron chi connectivity index (χ4n) is 3.24. The summed E-state index contributed by atoms with van der Waals surface area (Å²) in [7, 11) is 3.15. The summed E-state index contributed by atoms with van der Waals surface area (Å²) in [4.78, 5) is 29.0. The molecule has 144 valence electrons. The molecule has 2 amide bonds. The predicted molar refractivity (Wildman–Crippen MR) is 101 cm³/mol. The van der Waals surface area contributed by atoms with E-state index in [1.165, 1.54) is 0 Å². The molecule has 1 aromatic rings. The topological polar surface area (TPSA) is 59.1 Å². The van der Waals surface area contributed by atoms with Crippen LogP contribution in [-0.4, -0.2) is 62.0 Å². The zero-order valence-electron chi connectivity index (χ0n) is 16.5. The highest BCUT2D eigenvalue weighted by molar-refractivity contribution is 5.97. The molecule has 0 bridgehead atoms. The fraction of sp³-hybridized carbons (Fsp3) is 0.600. The number of hydrogen-bond acceptors (Lipinski definition) is 4. The number of ether oxygens (including phenoxy) is 2. The van der Waals surface area contributed by atoms with Gasteiger partial charge in [-0.3, -0.25) is 9.59 Å². The minimum absolute atomic E-state index is 0.0849. The van der Waals surface area contributed by atoms with E-state index < -0.39 is 0 Å². The highest BCUT2D eigenvalue weighted by Crippen LogP contribution is 2.29. The molecule has 1 saturated heterocycles. The summed E-state index contributed by atoms with van der Waals surface area (Å²) < 4.78 is 10.8. The number of nitrogens with zero attached hydrogens (tertiary/aromatic N) is 2. The van der Waals surface area contributed by atoms with Gasteiger partial charge in [0, 0.05) is 32.6 Å². The lowest BCUT2D eigenvalue weighted by molar-refractivity contribution is -0.131. The van der Waals surface area contributed by atoms with Gasteiger partial charge in [-0.25, -0.2) is 0 Å². The van der Waals surface area contributed by atoms with Gasteiger partial charge in [0.05, 0.1) is 19.8 Å². The van der Waals surface area contributed by atoms with Gasteiger partial charge in [0.15, 0.2) is 0 Å². The molecule has 0 saturated carbocycles. The van der Waals surface area contributed by atoms with Gasteiger partial charge in [0.25, 0.3) is 5.91 Å². The van der Waals surface area contributed by atoms with Crippen molar-refractivity contribution < 1.29 is 19.1 Å². The lowest BCUT2D eigenvalue weighted by atomic mass is 10.1. The first kappa shape index (κ1) is 20.1. The quantitative estimate of drug-likeness (QED) is 0.808. The van der Waals surface area contributed by atoms with Crippen LogP contribution in [0, 0.1) is 12.8 Å². The van der Waals surface area contributed by atoms with Gasteiger partial charge in [-0.1, -0.05) is 13.8 Å². The van der Waals surface area contributed by atoms with Crippen molar-refractivity contribution >= 4 is 11.8 Å². The second-order valence-electron chi connectivity index (χ2n) is 7.15. The lowest BCUT2D eigenvalue weighted by Crippen LogP contribution is -2.37. The van der Waals surface area contributed by atoms with E-state index >= 15 is 0 Å². The Hall–Kier alpha value is -2.24. The number of rotatable bonds is 5. The van der Waals surface area contributed by atoms with Crippen LogP contribution in [0.4, 0.5) is 0 Å². The van der Waals surface area contributed by atoms with Gasteiger partial charge < -0.3 is 19.3 Å². The van der Waals surface area contributed by atoms with Crippen molar-refractivity contribution in [2.75, 3.05) is 40.4 Å². The molecule has 2 rings (SSSR count). The van der Waals surface area contributed by atoms with E-state index in [0.29, 0.717) is 55.6 Å². The van der Waals surface area contributed by atoms with Gasteiger partial charge in [0.2, 0.25) is 5.91 Å². The molecule has 1 fully saturated rings. The van der Waals surface area contributed by atoms with Crippen LogP contribution in [-0.2, 0) is 4.79 Å². The second kappa shape index (κ2) is 8.92. The average molecular weight is 362 g/mol. The number of methoxy groups -OCH3 is 2. The smallest absolute Gasteiger partial charge is 0.257 e. The number of hydrogen-bond donors (Lipinski definition) is 0. The molecule has 26 heavy (non-hydrogen) atoms. The maximum atomic E-state index is 13.1. The monoisotopic (exact) mass is 362 g/mol. The fourth-order valence-corrected chi connectivity index (χ4v) is 3.24. The third-order valence-electron chi connectivity index (χ3n) is 4.67. The third-order valence-corrected chi connectivity index (χ3v) is 4.67. The van der Waals surface area contributed by atoms with E-state index in [-0.39, 0.29) is 11.8 Å². The Morgan fingerprint density at radius 2 is 1.62 bits per heavy atom. The Bertz CT molecular complexity index is 657. The Kier molecular flexibility index (Phi) is 6.89. The summed E-state index contributed by atoms with van der Waals surface area (Å²) in [5.41, 5.74) is 1.42. The van der Waals surface area contributed by atoms with Gasteiger partial charge in [-0.15, -0.1) is 0 Å². The van der Waals surface area contributed by atoms with Crippen molar-refractivity contribution in [3.63, 3.8) is 0 Å². The van der Waals surface area contributed by atoms with Crippen molar-refractivity contribution in [1.82, 2.24) is 9.80 Å². The van der Waals surface area contributed by atoms with Crippen LogP contribution in [0.15, 0.2) is 12.1 Å². The van der Waals surface area contributed by atoms with Crippen molar-refractivity contribution in [2.45, 2.75) is 33.6 Å². The SMILES string of the molecule is COc1cc(C(=O)N2CCCN(C(=O)CC(C)C)CC2)c(OC)cc1C. The van der Waals surface area contributed by atoms with Crippen LogP contribution in [0.25, 0.3) is 0 Å². The zero-order valence-corrected chi connectivity index (χ0v) is 16.5. The summed E-state index contributed by atoms with van der Waals surface area (Å²) in [6.45, 7) is 8.43. The van der Waals surface area contributed by atoms with Crippen LogP contribution in [0.5, 0.6) is 11.5 Å². The van der Waals surface area contributed by atoms with Gasteiger partial charge in [-0.2, -0.15) is 0 Å². The number of amides is 2. The van der Waals surface area contributed by atoms with Crippen LogP contribution in [0.3, 0.4) is 0 Å². The maximum Gasteiger partial charge on any atom is 0.257 e. The van der Waals surface area contributed by atoms with Crippen LogP contribution in [0.2, 0.25) is 0 Å². The molecule has 0 radical (unpaired) electrons. The first-order chi connectivity index (χ1) is 12.4. The zero-order chi connectivity index (χ0) is 19.3.